The summed E-state index contributed by atoms with van der Waals surface area (Å²) >= 11 is 0. The molecule has 7 heteroatoms. The number of fused-ring (bicyclic) bond motifs is 1. The van der Waals surface area contributed by atoms with E-state index in [1.165, 1.54) is 0 Å². The van der Waals surface area contributed by atoms with Crippen molar-refractivity contribution in [3.63, 3.8) is 0 Å². The molecule has 2 saturated heterocycles. The Balaban J connectivity index is 1.59. The van der Waals surface area contributed by atoms with Gasteiger partial charge < -0.3 is 19.2 Å². The number of phenols is 1. The number of benzene rings is 2. The number of carbonyl (C=O) groups is 1. The van der Waals surface area contributed by atoms with Gasteiger partial charge in [0.1, 0.15) is 29.9 Å². The van der Waals surface area contributed by atoms with Crippen molar-refractivity contribution in [1.29, 1.82) is 0 Å². The van der Waals surface area contributed by atoms with Gasteiger partial charge in [0.2, 0.25) is 5.91 Å². The lowest BCUT2D eigenvalue weighted by molar-refractivity contribution is -0.131. The van der Waals surface area contributed by atoms with Crippen molar-refractivity contribution in [2.75, 3.05) is 6.61 Å². The van der Waals surface area contributed by atoms with Crippen molar-refractivity contribution in [2.24, 2.45) is 5.92 Å². The molecule has 2 aliphatic heterocycles. The van der Waals surface area contributed by atoms with Gasteiger partial charge in [-0.1, -0.05) is 30.9 Å². The van der Waals surface area contributed by atoms with Crippen LogP contribution in [0.2, 0.25) is 0 Å². The number of aromatic hydroxyl groups is 1. The summed E-state index contributed by atoms with van der Waals surface area (Å²) in [5.74, 6) is 1.50. The zero-order valence-corrected chi connectivity index (χ0v) is 19.3. The summed E-state index contributed by atoms with van der Waals surface area (Å²) in [5, 5.41) is 10.9. The highest BCUT2D eigenvalue weighted by atomic mass is 16.5. The van der Waals surface area contributed by atoms with Crippen LogP contribution in [0.4, 0.5) is 0 Å². The van der Waals surface area contributed by atoms with Gasteiger partial charge in [0, 0.05) is 11.5 Å². The van der Waals surface area contributed by atoms with Crippen molar-refractivity contribution in [1.82, 2.24) is 15.8 Å². The molecule has 4 atom stereocenters. The highest BCUT2D eigenvalue weighted by molar-refractivity contribution is 5.86. The lowest BCUT2D eigenvalue weighted by atomic mass is 9.81. The summed E-state index contributed by atoms with van der Waals surface area (Å²) in [6.07, 6.45) is 3.32. The van der Waals surface area contributed by atoms with Crippen LogP contribution in [0.3, 0.4) is 0 Å². The van der Waals surface area contributed by atoms with Gasteiger partial charge in [-0.05, 0) is 60.9 Å². The number of nitrogens with zero attached hydrogens (tertiary/aromatic N) is 1. The molecular weight excluding hydrogens is 430 g/mol. The Bertz CT molecular complexity index is 1180. The van der Waals surface area contributed by atoms with Crippen molar-refractivity contribution < 1.29 is 19.1 Å². The predicted octanol–water partition coefficient (Wildman–Crippen LogP) is 4.08. The second-order valence-electron chi connectivity index (χ2n) is 9.00. The molecule has 34 heavy (non-hydrogen) atoms. The smallest absolute Gasteiger partial charge is 0.242 e. The molecule has 2 fully saturated rings. The molecule has 1 amide bonds. The maximum absolute atomic E-state index is 13.6. The summed E-state index contributed by atoms with van der Waals surface area (Å²) in [6, 6.07) is 14.4. The van der Waals surface area contributed by atoms with E-state index >= 15 is 0 Å². The number of amides is 1. The number of hydrogen-bond acceptors (Lipinski definition) is 6. The van der Waals surface area contributed by atoms with Gasteiger partial charge in [0.25, 0.3) is 0 Å². The largest absolute Gasteiger partial charge is 0.508 e. The van der Waals surface area contributed by atoms with E-state index in [-0.39, 0.29) is 29.7 Å². The van der Waals surface area contributed by atoms with Gasteiger partial charge in [0.05, 0.1) is 24.9 Å². The third-order valence-electron chi connectivity index (χ3n) is 6.71. The minimum Gasteiger partial charge on any atom is -0.508 e. The molecule has 2 aliphatic rings. The SMILES string of the molecule is C=CCOc1cccc(C2C3C(NNC3c3c(C)cc(C)cc3O)C(=O)N2Cc2ccco2)c1. The van der Waals surface area contributed by atoms with E-state index in [0.717, 1.165) is 33.8 Å². The molecule has 176 valence electrons. The molecule has 3 N–H and O–H groups in total. The van der Waals surface area contributed by atoms with Crippen molar-refractivity contribution >= 4 is 5.91 Å². The molecule has 0 saturated carbocycles. The van der Waals surface area contributed by atoms with E-state index in [9.17, 15) is 9.90 Å². The second kappa shape index (κ2) is 9.00. The number of phenolic OH excluding ortho intramolecular Hbond substituents is 1. The first-order valence-electron chi connectivity index (χ1n) is 11.5. The van der Waals surface area contributed by atoms with Crippen LogP contribution in [0.5, 0.6) is 11.5 Å². The van der Waals surface area contributed by atoms with Gasteiger partial charge in [-0.25, -0.2) is 10.9 Å². The van der Waals surface area contributed by atoms with Crippen LogP contribution in [0.15, 0.2) is 71.9 Å². The van der Waals surface area contributed by atoms with E-state index in [0.29, 0.717) is 13.2 Å². The predicted molar refractivity (Wildman–Crippen MR) is 128 cm³/mol. The minimum atomic E-state index is -0.442. The Morgan fingerprint density at radius 1 is 1.15 bits per heavy atom. The minimum absolute atomic E-state index is 0.0110. The van der Waals surface area contributed by atoms with E-state index in [1.54, 1.807) is 18.4 Å². The van der Waals surface area contributed by atoms with E-state index < -0.39 is 6.04 Å². The quantitative estimate of drug-likeness (QED) is 0.462. The van der Waals surface area contributed by atoms with Crippen LogP contribution in [-0.4, -0.2) is 28.6 Å². The molecule has 0 bridgehead atoms. The van der Waals surface area contributed by atoms with Crippen LogP contribution < -0.4 is 15.6 Å². The molecule has 0 radical (unpaired) electrons. The maximum atomic E-state index is 13.6. The highest BCUT2D eigenvalue weighted by Gasteiger charge is 2.56. The van der Waals surface area contributed by atoms with E-state index in [1.807, 2.05) is 55.1 Å². The topological polar surface area (TPSA) is 87.0 Å². The number of nitrogens with one attached hydrogen (secondary N) is 2. The third-order valence-corrected chi connectivity index (χ3v) is 6.71. The standard InChI is InChI=1S/C27H29N3O4/c1-4-10-33-19-8-5-7-18(14-19)26-23-24(22-17(3)12-16(2)13-21(22)31)28-29-25(23)27(32)30(26)15-20-9-6-11-34-20/h4-9,11-14,23-26,28-29,31H,1,10,15H2,2-3H3. The fourth-order valence-corrected chi connectivity index (χ4v) is 5.40. The van der Waals surface area contributed by atoms with Crippen LogP contribution in [0.1, 0.15) is 40.1 Å². The molecule has 5 rings (SSSR count). The number of ether oxygens (including phenoxy) is 1. The molecule has 7 nitrogen and oxygen atoms in total. The number of hydrazine groups is 1. The fraction of sp³-hybridized carbons (Fsp3) is 0.296. The summed E-state index contributed by atoms with van der Waals surface area (Å²) in [7, 11) is 0. The first-order valence-corrected chi connectivity index (χ1v) is 11.5. The monoisotopic (exact) mass is 459 g/mol. The van der Waals surface area contributed by atoms with Crippen LogP contribution >= 0.6 is 0 Å². The first kappa shape index (κ1) is 22.3. The molecule has 3 heterocycles. The van der Waals surface area contributed by atoms with Crippen molar-refractivity contribution in [3.8, 4) is 11.5 Å². The molecule has 4 unspecified atom stereocenters. The average Bonchev–Trinajstić information content (AvgIpc) is 3.52. The molecule has 3 aromatic rings. The van der Waals surface area contributed by atoms with Gasteiger partial charge in [0.15, 0.2) is 0 Å². The zero-order chi connectivity index (χ0) is 23.8. The van der Waals surface area contributed by atoms with Crippen LogP contribution in [0, 0.1) is 19.8 Å². The van der Waals surface area contributed by atoms with E-state index in [4.69, 9.17) is 9.15 Å². The van der Waals surface area contributed by atoms with Gasteiger partial charge in [-0.3, -0.25) is 4.79 Å². The normalized spacial score (nSPS) is 23.8. The van der Waals surface area contributed by atoms with Gasteiger partial charge in [-0.2, -0.15) is 0 Å². The summed E-state index contributed by atoms with van der Waals surface area (Å²) in [6.45, 7) is 8.43. The third kappa shape index (κ3) is 3.87. The Kier molecular flexibility index (Phi) is 5.89. The van der Waals surface area contributed by atoms with Crippen LogP contribution in [0.25, 0.3) is 0 Å². The fourth-order valence-electron chi connectivity index (χ4n) is 5.40. The van der Waals surface area contributed by atoms with E-state index in [2.05, 4.69) is 23.5 Å². The lowest BCUT2D eigenvalue weighted by Crippen LogP contribution is -2.41. The summed E-state index contributed by atoms with van der Waals surface area (Å²) in [4.78, 5) is 15.5. The van der Waals surface area contributed by atoms with Gasteiger partial charge >= 0.3 is 0 Å². The Morgan fingerprint density at radius 3 is 2.71 bits per heavy atom. The molecule has 1 aromatic heterocycles. The molecule has 2 aromatic carbocycles. The first-order chi connectivity index (χ1) is 16.5. The maximum Gasteiger partial charge on any atom is 0.242 e. The number of carbonyl (C=O) groups excluding carboxylic acids is 1. The molecule has 0 aliphatic carbocycles. The van der Waals surface area contributed by atoms with Crippen molar-refractivity contribution in [3.05, 3.63) is 95.5 Å². The zero-order valence-electron chi connectivity index (χ0n) is 19.3. The Hall–Kier alpha value is -3.55. The molecular formula is C27H29N3O4. The highest BCUT2D eigenvalue weighted by Crippen LogP contribution is 2.50. The Labute approximate surface area is 199 Å². The number of aryl methyl sites for hydroxylation is 2. The number of furan rings is 1. The number of rotatable bonds is 7. The second-order valence-corrected chi connectivity index (χ2v) is 9.00. The van der Waals surface area contributed by atoms with Gasteiger partial charge in [-0.15, -0.1) is 0 Å². The summed E-state index contributed by atoms with van der Waals surface area (Å²) < 4.78 is 11.4. The Morgan fingerprint density at radius 2 is 1.97 bits per heavy atom. The van der Waals surface area contributed by atoms with Crippen LogP contribution in [-0.2, 0) is 11.3 Å². The summed E-state index contributed by atoms with van der Waals surface area (Å²) in [5.41, 5.74) is 10.3. The lowest BCUT2D eigenvalue weighted by Gasteiger charge is -2.31. The average molecular weight is 460 g/mol. The number of likely N-dealkylation sites (tertiary alicyclic amines) is 1. The molecule has 0 spiro atoms. The van der Waals surface area contributed by atoms with Crippen molar-refractivity contribution in [2.45, 2.75) is 38.5 Å². The number of hydrogen-bond donors (Lipinski definition) is 3.